The van der Waals surface area contributed by atoms with Crippen molar-refractivity contribution < 1.29 is 9.63 Å². The highest BCUT2D eigenvalue weighted by molar-refractivity contribution is 5.96. The van der Waals surface area contributed by atoms with Gasteiger partial charge >= 0.3 is 0 Å². The quantitative estimate of drug-likeness (QED) is 0.509. The molecule has 0 saturated heterocycles. The molecule has 0 bridgehead atoms. The van der Waals surface area contributed by atoms with E-state index in [9.17, 15) is 4.79 Å². The third-order valence-corrected chi connectivity index (χ3v) is 1.39. The molecule has 2 N–H and O–H groups in total. The fourth-order valence-corrected chi connectivity index (χ4v) is 0.860. The predicted octanol–water partition coefficient (Wildman–Crippen LogP) is 1.14. The van der Waals surface area contributed by atoms with E-state index in [1.165, 1.54) is 6.92 Å². The second-order valence-electron chi connectivity index (χ2n) is 2.17. The predicted molar refractivity (Wildman–Crippen MR) is 41.3 cm³/mol. The Morgan fingerprint density at radius 1 is 1.45 bits per heavy atom. The largest absolute Gasteiger partial charge is 0.411 e. The molecule has 0 radical (unpaired) electrons. The van der Waals surface area contributed by atoms with Gasteiger partial charge in [-0.05, 0) is 19.1 Å². The highest BCUT2D eigenvalue weighted by atomic mass is 16.6. The molecule has 0 spiro atoms. The second-order valence-corrected chi connectivity index (χ2v) is 2.17. The molecule has 0 amide bonds. The molecule has 0 heterocycles. The number of nitrogens with two attached hydrogens (primary N) is 1. The van der Waals surface area contributed by atoms with Gasteiger partial charge in [-0.2, -0.15) is 5.90 Å². The van der Waals surface area contributed by atoms with Crippen molar-refractivity contribution in [2.75, 3.05) is 0 Å². The third kappa shape index (κ3) is 1.56. The zero-order valence-electron chi connectivity index (χ0n) is 6.20. The van der Waals surface area contributed by atoms with E-state index in [-0.39, 0.29) is 5.78 Å². The van der Waals surface area contributed by atoms with E-state index in [0.717, 1.165) is 0 Å². The molecule has 58 valence electrons. The van der Waals surface area contributed by atoms with Crippen LogP contribution in [0.2, 0.25) is 0 Å². The number of rotatable bonds is 2. The van der Waals surface area contributed by atoms with Crippen LogP contribution in [0.15, 0.2) is 24.3 Å². The lowest BCUT2D eigenvalue weighted by molar-refractivity contribution is 0.101. The first-order valence-electron chi connectivity index (χ1n) is 3.22. The Morgan fingerprint density at radius 2 is 2.09 bits per heavy atom. The van der Waals surface area contributed by atoms with Gasteiger partial charge in [0, 0.05) is 0 Å². The highest BCUT2D eigenvalue weighted by Gasteiger charge is 2.05. The van der Waals surface area contributed by atoms with E-state index in [1.807, 2.05) is 0 Å². The Kier molecular flexibility index (Phi) is 2.23. The van der Waals surface area contributed by atoms with Crippen molar-refractivity contribution in [1.29, 1.82) is 0 Å². The van der Waals surface area contributed by atoms with Gasteiger partial charge in [-0.15, -0.1) is 0 Å². The zero-order valence-corrected chi connectivity index (χ0v) is 6.20. The average molecular weight is 151 g/mol. The van der Waals surface area contributed by atoms with Gasteiger partial charge < -0.3 is 4.84 Å². The Labute approximate surface area is 64.7 Å². The molecule has 3 heteroatoms. The number of benzene rings is 1. The summed E-state index contributed by atoms with van der Waals surface area (Å²) in [7, 11) is 0. The topological polar surface area (TPSA) is 52.3 Å². The summed E-state index contributed by atoms with van der Waals surface area (Å²) in [5, 5.41) is 0. The lowest BCUT2D eigenvalue weighted by atomic mass is 10.1. The number of para-hydroxylation sites is 1. The van der Waals surface area contributed by atoms with Crippen molar-refractivity contribution >= 4 is 5.78 Å². The Morgan fingerprint density at radius 3 is 2.55 bits per heavy atom. The van der Waals surface area contributed by atoms with Crippen LogP contribution in [0.5, 0.6) is 5.75 Å². The van der Waals surface area contributed by atoms with Crippen LogP contribution in [0.1, 0.15) is 17.3 Å². The summed E-state index contributed by atoms with van der Waals surface area (Å²) in [5.74, 6) is 5.30. The summed E-state index contributed by atoms with van der Waals surface area (Å²) in [6.45, 7) is 1.47. The SMILES string of the molecule is CC(=O)c1ccccc1ON. The molecule has 0 saturated carbocycles. The minimum absolute atomic E-state index is 0.0500. The Bertz CT molecular complexity index is 271. The van der Waals surface area contributed by atoms with Crippen LogP contribution in [0.25, 0.3) is 0 Å². The third-order valence-electron chi connectivity index (χ3n) is 1.39. The molecule has 0 aliphatic rings. The molecule has 1 aromatic carbocycles. The maximum absolute atomic E-state index is 10.9. The van der Waals surface area contributed by atoms with Gasteiger partial charge in [-0.3, -0.25) is 4.79 Å². The molecule has 0 aliphatic carbocycles. The maximum atomic E-state index is 10.9. The second kappa shape index (κ2) is 3.16. The molecule has 0 aliphatic heterocycles. The maximum Gasteiger partial charge on any atom is 0.163 e. The normalized spacial score (nSPS) is 9.27. The lowest BCUT2D eigenvalue weighted by Crippen LogP contribution is -2.06. The number of hydrogen-bond acceptors (Lipinski definition) is 3. The molecule has 0 fully saturated rings. The molecule has 1 aromatic rings. The molecule has 11 heavy (non-hydrogen) atoms. The van der Waals surface area contributed by atoms with E-state index in [1.54, 1.807) is 24.3 Å². The van der Waals surface area contributed by atoms with Crippen molar-refractivity contribution in [3.63, 3.8) is 0 Å². The van der Waals surface area contributed by atoms with Gasteiger partial charge in [0.1, 0.15) is 0 Å². The van der Waals surface area contributed by atoms with Crippen LogP contribution < -0.4 is 10.7 Å². The van der Waals surface area contributed by atoms with Gasteiger partial charge in [0.05, 0.1) is 5.56 Å². The number of carbonyl (C=O) groups is 1. The smallest absolute Gasteiger partial charge is 0.163 e. The summed E-state index contributed by atoms with van der Waals surface area (Å²) in [4.78, 5) is 15.4. The van der Waals surface area contributed by atoms with Crippen molar-refractivity contribution in [3.8, 4) is 5.75 Å². The van der Waals surface area contributed by atoms with Crippen LogP contribution in [-0.2, 0) is 0 Å². The Balaban J connectivity index is 3.12. The molecular weight excluding hydrogens is 142 g/mol. The van der Waals surface area contributed by atoms with E-state index >= 15 is 0 Å². The molecule has 0 aromatic heterocycles. The first-order chi connectivity index (χ1) is 5.25. The van der Waals surface area contributed by atoms with Crippen molar-refractivity contribution in [3.05, 3.63) is 29.8 Å². The minimum Gasteiger partial charge on any atom is -0.411 e. The van der Waals surface area contributed by atoms with Gasteiger partial charge in [0.25, 0.3) is 0 Å². The zero-order chi connectivity index (χ0) is 8.27. The van der Waals surface area contributed by atoms with Crippen LogP contribution in [0.4, 0.5) is 0 Å². The van der Waals surface area contributed by atoms with Crippen LogP contribution in [-0.4, -0.2) is 5.78 Å². The van der Waals surface area contributed by atoms with Gasteiger partial charge in [0.15, 0.2) is 11.5 Å². The van der Waals surface area contributed by atoms with Crippen LogP contribution >= 0.6 is 0 Å². The number of Topliss-reactive ketones (excluding diaryl/α,β-unsaturated/α-hetero) is 1. The fourth-order valence-electron chi connectivity index (χ4n) is 0.860. The number of ketones is 1. The van der Waals surface area contributed by atoms with Crippen LogP contribution in [0.3, 0.4) is 0 Å². The van der Waals surface area contributed by atoms with Crippen LogP contribution in [0, 0.1) is 0 Å². The standard InChI is InChI=1S/C8H9NO2/c1-6(10)7-4-2-3-5-8(7)11-9/h2-5H,9H2,1H3. The monoisotopic (exact) mass is 151 g/mol. The lowest BCUT2D eigenvalue weighted by Gasteiger charge is -2.01. The van der Waals surface area contributed by atoms with E-state index in [0.29, 0.717) is 11.3 Å². The molecule has 3 nitrogen and oxygen atoms in total. The van der Waals surface area contributed by atoms with Crippen molar-refractivity contribution in [2.24, 2.45) is 5.90 Å². The highest BCUT2D eigenvalue weighted by Crippen LogP contribution is 2.16. The first-order valence-corrected chi connectivity index (χ1v) is 3.22. The van der Waals surface area contributed by atoms with Crippen molar-refractivity contribution in [2.45, 2.75) is 6.92 Å². The molecule has 0 unspecified atom stereocenters. The van der Waals surface area contributed by atoms with E-state index in [2.05, 4.69) is 4.84 Å². The Hall–Kier alpha value is -1.35. The van der Waals surface area contributed by atoms with E-state index in [4.69, 9.17) is 5.90 Å². The minimum atomic E-state index is -0.0500. The van der Waals surface area contributed by atoms with Gasteiger partial charge in [0.2, 0.25) is 0 Å². The number of hydrogen-bond donors (Lipinski definition) is 1. The molecule has 1 rings (SSSR count). The fraction of sp³-hybridized carbons (Fsp3) is 0.125. The summed E-state index contributed by atoms with van der Waals surface area (Å²) < 4.78 is 0. The first kappa shape index (κ1) is 7.75. The summed E-state index contributed by atoms with van der Waals surface area (Å²) in [6, 6.07) is 6.84. The van der Waals surface area contributed by atoms with Crippen molar-refractivity contribution in [1.82, 2.24) is 0 Å². The summed E-state index contributed by atoms with van der Waals surface area (Å²) in [5.41, 5.74) is 0.509. The molecule has 0 atom stereocenters. The van der Waals surface area contributed by atoms with Gasteiger partial charge in [-0.25, -0.2) is 0 Å². The molecular formula is C8H9NO2. The average Bonchev–Trinajstić information content (AvgIpc) is 2.04. The summed E-state index contributed by atoms with van der Waals surface area (Å²) in [6.07, 6.45) is 0. The number of carbonyl (C=O) groups excluding carboxylic acids is 1. The van der Waals surface area contributed by atoms with Gasteiger partial charge in [-0.1, -0.05) is 12.1 Å². The summed E-state index contributed by atoms with van der Waals surface area (Å²) >= 11 is 0. The van der Waals surface area contributed by atoms with E-state index < -0.39 is 0 Å².